The number of nitrogens with one attached hydrogen (secondary N) is 1. The lowest BCUT2D eigenvalue weighted by molar-refractivity contribution is -0.137. The zero-order valence-corrected chi connectivity index (χ0v) is 16.1. The number of aromatic nitrogens is 2. The molecule has 2 heterocycles. The van der Waals surface area contributed by atoms with Crippen LogP contribution in [0.1, 0.15) is 36.2 Å². The quantitative estimate of drug-likeness (QED) is 0.813. The van der Waals surface area contributed by atoms with E-state index in [0.29, 0.717) is 23.4 Å². The van der Waals surface area contributed by atoms with E-state index >= 15 is 0 Å². The van der Waals surface area contributed by atoms with Gasteiger partial charge in [0.05, 0.1) is 22.7 Å². The van der Waals surface area contributed by atoms with Crippen molar-refractivity contribution in [1.82, 2.24) is 14.7 Å². The van der Waals surface area contributed by atoms with Crippen LogP contribution in [0.25, 0.3) is 0 Å². The van der Waals surface area contributed by atoms with Gasteiger partial charge in [0.2, 0.25) is 16.0 Å². The number of halogens is 3. The lowest BCUT2D eigenvalue weighted by Gasteiger charge is -2.27. The SMILES string of the molecule is Cc1cc(CNS(=O)(=O)c2cccc(C(F)(F)F)c2)nc(N2CCCCC2)n1. The first-order valence-corrected chi connectivity index (χ1v) is 10.4. The van der Waals surface area contributed by atoms with E-state index in [2.05, 4.69) is 19.6 Å². The van der Waals surface area contributed by atoms with Gasteiger partial charge >= 0.3 is 6.18 Å². The first-order chi connectivity index (χ1) is 13.1. The fourth-order valence-corrected chi connectivity index (χ4v) is 4.08. The third kappa shape index (κ3) is 4.99. The summed E-state index contributed by atoms with van der Waals surface area (Å²) in [5, 5.41) is 0. The highest BCUT2D eigenvalue weighted by atomic mass is 32.2. The molecule has 0 spiro atoms. The predicted octanol–water partition coefficient (Wildman–Crippen LogP) is 3.27. The Balaban J connectivity index is 1.77. The number of alkyl halides is 3. The molecule has 0 radical (unpaired) electrons. The predicted molar refractivity (Wildman–Crippen MR) is 98.3 cm³/mol. The third-order valence-electron chi connectivity index (χ3n) is 4.45. The first-order valence-electron chi connectivity index (χ1n) is 8.91. The van der Waals surface area contributed by atoms with Gasteiger partial charge in [0.15, 0.2) is 0 Å². The molecular weight excluding hydrogens is 393 g/mol. The Bertz CT molecular complexity index is 942. The lowest BCUT2D eigenvalue weighted by Crippen LogP contribution is -2.32. The number of nitrogens with zero attached hydrogens (tertiary/aromatic N) is 3. The number of benzene rings is 1. The number of rotatable bonds is 5. The summed E-state index contributed by atoms with van der Waals surface area (Å²) in [6.45, 7) is 3.35. The minimum absolute atomic E-state index is 0.136. The van der Waals surface area contributed by atoms with Crippen LogP contribution in [-0.2, 0) is 22.7 Å². The van der Waals surface area contributed by atoms with Gasteiger partial charge in [0.1, 0.15) is 0 Å². The van der Waals surface area contributed by atoms with Crippen LogP contribution in [0.5, 0.6) is 0 Å². The maximum absolute atomic E-state index is 12.8. The summed E-state index contributed by atoms with van der Waals surface area (Å²) in [5.74, 6) is 0.549. The van der Waals surface area contributed by atoms with Gasteiger partial charge < -0.3 is 4.90 Å². The average molecular weight is 414 g/mol. The Kier molecular flexibility index (Phi) is 5.90. The van der Waals surface area contributed by atoms with E-state index in [9.17, 15) is 21.6 Å². The molecule has 0 unspecified atom stereocenters. The molecule has 2 aromatic rings. The Labute approximate surface area is 161 Å². The zero-order chi connectivity index (χ0) is 20.4. The van der Waals surface area contributed by atoms with Crippen molar-refractivity contribution in [2.75, 3.05) is 18.0 Å². The Morgan fingerprint density at radius 2 is 1.82 bits per heavy atom. The smallest absolute Gasteiger partial charge is 0.341 e. The molecule has 1 N–H and O–H groups in total. The van der Waals surface area contributed by atoms with Crippen molar-refractivity contribution in [2.45, 2.75) is 43.8 Å². The fourth-order valence-electron chi connectivity index (χ4n) is 3.03. The minimum atomic E-state index is -4.61. The van der Waals surface area contributed by atoms with Gasteiger partial charge in [-0.05, 0) is 50.5 Å². The van der Waals surface area contributed by atoms with E-state index < -0.39 is 26.7 Å². The van der Waals surface area contributed by atoms with Crippen LogP contribution in [-0.4, -0.2) is 31.5 Å². The van der Waals surface area contributed by atoms with Crippen molar-refractivity contribution >= 4 is 16.0 Å². The van der Waals surface area contributed by atoms with Crippen LogP contribution >= 0.6 is 0 Å². The van der Waals surface area contributed by atoms with E-state index in [1.807, 2.05) is 0 Å². The average Bonchev–Trinajstić information content (AvgIpc) is 2.66. The highest BCUT2D eigenvalue weighted by Gasteiger charge is 2.31. The number of aryl methyl sites for hydroxylation is 1. The molecule has 3 rings (SSSR count). The van der Waals surface area contributed by atoms with Crippen molar-refractivity contribution in [3.63, 3.8) is 0 Å². The highest BCUT2D eigenvalue weighted by molar-refractivity contribution is 7.89. The van der Waals surface area contributed by atoms with Gasteiger partial charge in [0.25, 0.3) is 0 Å². The molecular formula is C18H21F3N4O2S. The number of anilines is 1. The molecule has 1 saturated heterocycles. The lowest BCUT2D eigenvalue weighted by atomic mass is 10.1. The standard InChI is InChI=1S/C18H21F3N4O2S/c1-13-10-15(24-17(23-13)25-8-3-2-4-9-25)12-22-28(26,27)16-7-5-6-14(11-16)18(19,20)21/h5-7,10-11,22H,2-4,8-9,12H2,1H3. The fraction of sp³-hybridized carbons (Fsp3) is 0.444. The second-order valence-corrected chi connectivity index (χ2v) is 8.47. The van der Waals surface area contributed by atoms with E-state index in [0.717, 1.165) is 50.6 Å². The molecule has 0 amide bonds. The molecule has 1 aliphatic heterocycles. The van der Waals surface area contributed by atoms with Gasteiger partial charge in [-0.25, -0.2) is 23.1 Å². The van der Waals surface area contributed by atoms with Gasteiger partial charge in [-0.3, -0.25) is 0 Å². The second-order valence-electron chi connectivity index (χ2n) is 6.70. The summed E-state index contributed by atoms with van der Waals surface area (Å²) < 4.78 is 65.7. The number of sulfonamides is 1. The van der Waals surface area contributed by atoms with Crippen LogP contribution in [0.2, 0.25) is 0 Å². The van der Waals surface area contributed by atoms with Gasteiger partial charge in [-0.15, -0.1) is 0 Å². The van der Waals surface area contributed by atoms with Gasteiger partial charge in [0, 0.05) is 18.8 Å². The van der Waals surface area contributed by atoms with Crippen LogP contribution < -0.4 is 9.62 Å². The molecule has 0 saturated carbocycles. The molecule has 152 valence electrons. The van der Waals surface area contributed by atoms with Crippen LogP contribution in [0.15, 0.2) is 35.2 Å². The van der Waals surface area contributed by atoms with Crippen molar-refractivity contribution < 1.29 is 21.6 Å². The topological polar surface area (TPSA) is 75.2 Å². The molecule has 10 heteroatoms. The summed E-state index contributed by atoms with van der Waals surface area (Å²) in [4.78, 5) is 10.4. The Morgan fingerprint density at radius 3 is 2.50 bits per heavy atom. The highest BCUT2D eigenvalue weighted by Crippen LogP contribution is 2.30. The van der Waals surface area contributed by atoms with E-state index in [1.54, 1.807) is 13.0 Å². The van der Waals surface area contributed by atoms with Crippen LogP contribution in [0.4, 0.5) is 19.1 Å². The van der Waals surface area contributed by atoms with Crippen molar-refractivity contribution in [2.24, 2.45) is 0 Å². The van der Waals surface area contributed by atoms with E-state index in [1.165, 1.54) is 0 Å². The molecule has 1 aliphatic rings. The monoisotopic (exact) mass is 414 g/mol. The number of hydrogen-bond donors (Lipinski definition) is 1. The summed E-state index contributed by atoms with van der Waals surface area (Å²) in [6, 6.07) is 5.30. The number of hydrogen-bond acceptors (Lipinski definition) is 5. The summed E-state index contributed by atoms with van der Waals surface area (Å²) >= 11 is 0. The van der Waals surface area contributed by atoms with Gasteiger partial charge in [-0.1, -0.05) is 6.07 Å². The maximum Gasteiger partial charge on any atom is 0.416 e. The minimum Gasteiger partial charge on any atom is -0.341 e. The molecule has 1 fully saturated rings. The van der Waals surface area contributed by atoms with E-state index in [4.69, 9.17) is 0 Å². The molecule has 6 nitrogen and oxygen atoms in total. The third-order valence-corrected chi connectivity index (χ3v) is 5.85. The summed E-state index contributed by atoms with van der Waals surface area (Å²) in [6.07, 6.45) is -1.35. The number of piperidine rings is 1. The molecule has 0 aliphatic carbocycles. The molecule has 0 bridgehead atoms. The Hall–Kier alpha value is -2.20. The normalized spacial score (nSPS) is 15.6. The maximum atomic E-state index is 12.8. The Morgan fingerprint density at radius 1 is 1.11 bits per heavy atom. The van der Waals surface area contributed by atoms with Crippen LogP contribution in [0.3, 0.4) is 0 Å². The van der Waals surface area contributed by atoms with Gasteiger partial charge in [-0.2, -0.15) is 13.2 Å². The summed E-state index contributed by atoms with van der Waals surface area (Å²) in [7, 11) is -4.12. The first kappa shape index (κ1) is 20.5. The second kappa shape index (κ2) is 8.04. The van der Waals surface area contributed by atoms with Crippen molar-refractivity contribution in [1.29, 1.82) is 0 Å². The zero-order valence-electron chi connectivity index (χ0n) is 15.3. The van der Waals surface area contributed by atoms with Crippen molar-refractivity contribution in [3.8, 4) is 0 Å². The summed E-state index contributed by atoms with van der Waals surface area (Å²) in [5.41, 5.74) is 0.146. The van der Waals surface area contributed by atoms with E-state index in [-0.39, 0.29) is 6.54 Å². The van der Waals surface area contributed by atoms with Crippen molar-refractivity contribution in [3.05, 3.63) is 47.3 Å². The molecule has 1 aromatic heterocycles. The molecule has 28 heavy (non-hydrogen) atoms. The molecule has 1 aromatic carbocycles. The molecule has 0 atom stereocenters. The largest absolute Gasteiger partial charge is 0.416 e. The van der Waals surface area contributed by atoms with Crippen LogP contribution in [0, 0.1) is 6.92 Å².